The van der Waals surface area contributed by atoms with Gasteiger partial charge < -0.3 is 0 Å². The maximum absolute atomic E-state index is 12.6. The Kier molecular flexibility index (Phi) is 6.28. The highest BCUT2D eigenvalue weighted by Gasteiger charge is 2.43. The minimum Gasteiger partial charge on any atom is -0.299 e. The molecule has 1 aliphatic rings. The lowest BCUT2D eigenvalue weighted by molar-refractivity contribution is -0.150. The molecule has 1 saturated carbocycles. The van der Waals surface area contributed by atoms with Gasteiger partial charge in [-0.15, -0.1) is 0 Å². The molecule has 0 bridgehead atoms. The first-order chi connectivity index (χ1) is 9.36. The van der Waals surface area contributed by atoms with Gasteiger partial charge in [-0.25, -0.2) is 0 Å². The molecular formula is C14H24F3N3. The number of rotatable bonds is 7. The molecule has 1 rings (SSSR count). The quantitative estimate of drug-likeness (QED) is 0.783. The zero-order valence-electron chi connectivity index (χ0n) is 12.3. The van der Waals surface area contributed by atoms with Gasteiger partial charge in [0.15, 0.2) is 0 Å². The van der Waals surface area contributed by atoms with E-state index in [1.165, 1.54) is 4.90 Å². The van der Waals surface area contributed by atoms with E-state index in [1.807, 2.05) is 13.8 Å². The number of nitrogens with zero attached hydrogens (tertiary/aromatic N) is 2. The van der Waals surface area contributed by atoms with Gasteiger partial charge in [-0.3, -0.25) is 10.2 Å². The molecule has 116 valence electrons. The topological polar surface area (TPSA) is 39.1 Å². The molecule has 2 atom stereocenters. The van der Waals surface area contributed by atoms with Crippen LogP contribution in [0.15, 0.2) is 0 Å². The van der Waals surface area contributed by atoms with E-state index in [2.05, 4.69) is 11.4 Å². The average Bonchev–Trinajstić information content (AvgIpc) is 2.79. The van der Waals surface area contributed by atoms with Crippen molar-refractivity contribution in [3.63, 3.8) is 0 Å². The Labute approximate surface area is 119 Å². The molecule has 0 aromatic heterocycles. The fourth-order valence-corrected chi connectivity index (χ4v) is 2.91. The Balaban J connectivity index is 2.68. The van der Waals surface area contributed by atoms with E-state index in [0.717, 1.165) is 13.0 Å². The zero-order valence-corrected chi connectivity index (χ0v) is 12.3. The Hall–Kier alpha value is -0.800. The predicted molar refractivity (Wildman–Crippen MR) is 72.2 cm³/mol. The maximum Gasteiger partial charge on any atom is 0.401 e. The Morgan fingerprint density at radius 1 is 1.35 bits per heavy atom. The summed E-state index contributed by atoms with van der Waals surface area (Å²) in [5.41, 5.74) is -0.641. The predicted octanol–water partition coefficient (Wildman–Crippen LogP) is 3.08. The van der Waals surface area contributed by atoms with Crippen molar-refractivity contribution in [1.82, 2.24) is 10.2 Å². The summed E-state index contributed by atoms with van der Waals surface area (Å²) < 4.78 is 37.9. The fraction of sp³-hybridized carbons (Fsp3) is 0.929. The number of nitriles is 1. The number of alkyl halides is 3. The minimum atomic E-state index is -4.18. The van der Waals surface area contributed by atoms with E-state index in [9.17, 15) is 18.4 Å². The molecule has 0 amide bonds. The van der Waals surface area contributed by atoms with E-state index in [1.54, 1.807) is 0 Å². The molecule has 0 radical (unpaired) electrons. The van der Waals surface area contributed by atoms with Gasteiger partial charge in [-0.1, -0.05) is 13.8 Å². The molecule has 1 fully saturated rings. The van der Waals surface area contributed by atoms with Crippen LogP contribution in [0, 0.1) is 11.3 Å². The molecule has 0 heterocycles. The number of hydrogen-bond donors (Lipinski definition) is 1. The van der Waals surface area contributed by atoms with Crippen molar-refractivity contribution >= 4 is 0 Å². The molecule has 1 aliphatic carbocycles. The maximum atomic E-state index is 12.6. The molecule has 0 aromatic rings. The molecule has 0 spiro atoms. The number of halogens is 3. The van der Waals surface area contributed by atoms with Crippen molar-refractivity contribution in [2.45, 2.75) is 63.7 Å². The summed E-state index contributed by atoms with van der Waals surface area (Å²) in [6.45, 7) is 4.18. The van der Waals surface area contributed by atoms with Gasteiger partial charge in [0, 0.05) is 6.04 Å². The Morgan fingerprint density at radius 2 is 2.05 bits per heavy atom. The first-order valence-corrected chi connectivity index (χ1v) is 7.33. The van der Waals surface area contributed by atoms with Crippen LogP contribution in [0.4, 0.5) is 13.2 Å². The molecule has 0 aromatic carbocycles. The van der Waals surface area contributed by atoms with Crippen molar-refractivity contribution in [1.29, 1.82) is 5.26 Å². The molecule has 0 saturated heterocycles. The van der Waals surface area contributed by atoms with Crippen LogP contribution >= 0.6 is 0 Å². The van der Waals surface area contributed by atoms with Gasteiger partial charge in [-0.05, 0) is 45.2 Å². The molecule has 3 nitrogen and oxygen atoms in total. The molecule has 20 heavy (non-hydrogen) atoms. The van der Waals surface area contributed by atoms with Crippen LogP contribution in [0.2, 0.25) is 0 Å². The monoisotopic (exact) mass is 291 g/mol. The molecular weight excluding hydrogens is 267 g/mol. The van der Waals surface area contributed by atoms with Gasteiger partial charge in [0.25, 0.3) is 0 Å². The van der Waals surface area contributed by atoms with Gasteiger partial charge in [-0.2, -0.15) is 18.4 Å². The highest BCUT2D eigenvalue weighted by Crippen LogP contribution is 2.34. The van der Waals surface area contributed by atoms with E-state index in [-0.39, 0.29) is 6.04 Å². The second-order valence-corrected chi connectivity index (χ2v) is 5.60. The summed E-state index contributed by atoms with van der Waals surface area (Å²) in [4.78, 5) is 1.49. The van der Waals surface area contributed by atoms with Crippen molar-refractivity contribution in [2.75, 3.05) is 19.6 Å². The van der Waals surface area contributed by atoms with Crippen LogP contribution in [0.3, 0.4) is 0 Å². The summed E-state index contributed by atoms with van der Waals surface area (Å²) in [6.07, 6.45) is -0.806. The van der Waals surface area contributed by atoms with E-state index in [0.29, 0.717) is 32.2 Å². The summed E-state index contributed by atoms with van der Waals surface area (Å²) >= 11 is 0. The number of nitrogens with one attached hydrogen (secondary N) is 1. The Morgan fingerprint density at radius 3 is 2.55 bits per heavy atom. The van der Waals surface area contributed by atoms with Crippen LogP contribution in [0.5, 0.6) is 0 Å². The summed E-state index contributed by atoms with van der Waals surface area (Å²) in [6, 6.07) is 2.13. The summed E-state index contributed by atoms with van der Waals surface area (Å²) in [5.74, 6) is 0. The van der Waals surface area contributed by atoms with Crippen LogP contribution in [0.25, 0.3) is 0 Å². The van der Waals surface area contributed by atoms with Crippen molar-refractivity contribution in [2.24, 2.45) is 0 Å². The van der Waals surface area contributed by atoms with Crippen LogP contribution in [0.1, 0.15) is 46.0 Å². The van der Waals surface area contributed by atoms with Crippen molar-refractivity contribution in [3.8, 4) is 6.07 Å². The fourth-order valence-electron chi connectivity index (χ4n) is 2.91. The molecule has 0 aliphatic heterocycles. The van der Waals surface area contributed by atoms with Gasteiger partial charge in [0.2, 0.25) is 0 Å². The standard InChI is InChI=1S/C14H24F3N3/c1-3-7-19-13(10-18)6-5-12(9-13)20(8-4-2)11-14(15,16)17/h12,19H,3-9,11H2,1-2H3. The SMILES string of the molecule is CCCNC1(C#N)CCC(N(CCC)CC(F)(F)F)C1. The molecule has 6 heteroatoms. The van der Waals surface area contributed by atoms with Crippen molar-refractivity contribution in [3.05, 3.63) is 0 Å². The highest BCUT2D eigenvalue weighted by atomic mass is 19.4. The lowest BCUT2D eigenvalue weighted by Gasteiger charge is -2.30. The summed E-state index contributed by atoms with van der Waals surface area (Å²) in [7, 11) is 0. The van der Waals surface area contributed by atoms with E-state index in [4.69, 9.17) is 0 Å². The first kappa shape index (κ1) is 17.3. The smallest absolute Gasteiger partial charge is 0.299 e. The van der Waals surface area contributed by atoms with Gasteiger partial charge >= 0.3 is 6.18 Å². The van der Waals surface area contributed by atoms with Crippen LogP contribution in [-0.2, 0) is 0 Å². The van der Waals surface area contributed by atoms with Crippen LogP contribution in [-0.4, -0.2) is 42.3 Å². The Bertz CT molecular complexity index is 338. The molecule has 2 unspecified atom stereocenters. The zero-order chi connectivity index (χ0) is 15.2. The minimum absolute atomic E-state index is 0.152. The third-order valence-electron chi connectivity index (χ3n) is 3.83. The van der Waals surface area contributed by atoms with Gasteiger partial charge in [0.1, 0.15) is 5.54 Å². The van der Waals surface area contributed by atoms with Crippen molar-refractivity contribution < 1.29 is 13.2 Å². The first-order valence-electron chi connectivity index (χ1n) is 7.33. The third kappa shape index (κ3) is 4.95. The lowest BCUT2D eigenvalue weighted by atomic mass is 9.99. The van der Waals surface area contributed by atoms with Gasteiger partial charge in [0.05, 0.1) is 12.6 Å². The highest BCUT2D eigenvalue weighted by molar-refractivity contribution is 5.13. The average molecular weight is 291 g/mol. The van der Waals surface area contributed by atoms with E-state index < -0.39 is 18.3 Å². The lowest BCUT2D eigenvalue weighted by Crippen LogP contribution is -2.46. The second kappa shape index (κ2) is 7.28. The summed E-state index contributed by atoms with van der Waals surface area (Å²) in [5, 5.41) is 12.6. The molecule has 1 N–H and O–H groups in total. The number of hydrogen-bond acceptors (Lipinski definition) is 3. The largest absolute Gasteiger partial charge is 0.401 e. The second-order valence-electron chi connectivity index (χ2n) is 5.60. The third-order valence-corrected chi connectivity index (χ3v) is 3.83. The van der Waals surface area contributed by atoms with Crippen LogP contribution < -0.4 is 5.32 Å². The normalized spacial score (nSPS) is 26.9. The van der Waals surface area contributed by atoms with E-state index >= 15 is 0 Å².